The largest absolute Gasteiger partial charge is 1.00 e. The van der Waals surface area contributed by atoms with Crippen LogP contribution in [0.3, 0.4) is 0 Å². The van der Waals surface area contributed by atoms with Crippen molar-refractivity contribution >= 4 is 11.9 Å². The molecular weight excluding hydrogens is 214 g/mol. The maximum absolute atomic E-state index is 9.88. The monoisotopic (exact) mass is 226 g/mol. The predicted molar refractivity (Wildman–Crippen MR) is 39.1 cm³/mol. The summed E-state index contributed by atoms with van der Waals surface area (Å²) >= 11 is 0. The standard InChI is InChI=1S/C6H10O6.2Na.2H/c7-5(8)3-11-1-2-12-4-6(9)10;;;;/h1-4H2,(H,7,8)(H,9,10);;;;/q;2*+1;2*-1. The maximum atomic E-state index is 9.88. The topological polar surface area (TPSA) is 93.1 Å². The number of hydrogen-bond donors (Lipinski definition) is 2. The fourth-order valence-corrected chi connectivity index (χ4v) is 0.437. The first-order chi connectivity index (χ1) is 5.63. The Morgan fingerprint density at radius 2 is 1.21 bits per heavy atom. The van der Waals surface area contributed by atoms with Crippen LogP contribution >= 0.6 is 0 Å². The van der Waals surface area contributed by atoms with Crippen LogP contribution in [0.2, 0.25) is 0 Å². The van der Waals surface area contributed by atoms with Crippen LogP contribution in [0, 0.1) is 0 Å². The molecule has 0 atom stereocenters. The van der Waals surface area contributed by atoms with Crippen LogP contribution in [0.5, 0.6) is 0 Å². The Balaban J connectivity index is -0.000000101. The molecule has 0 amide bonds. The van der Waals surface area contributed by atoms with Crippen molar-refractivity contribution in [3.05, 3.63) is 0 Å². The van der Waals surface area contributed by atoms with E-state index in [1.165, 1.54) is 0 Å². The minimum atomic E-state index is -1.06. The van der Waals surface area contributed by atoms with Crippen molar-refractivity contribution in [1.82, 2.24) is 0 Å². The van der Waals surface area contributed by atoms with Gasteiger partial charge >= 0.3 is 71.1 Å². The van der Waals surface area contributed by atoms with Gasteiger partial charge in [0.2, 0.25) is 0 Å². The third-order valence-corrected chi connectivity index (χ3v) is 0.823. The summed E-state index contributed by atoms with van der Waals surface area (Å²) in [6, 6.07) is 0. The predicted octanol–water partition coefficient (Wildman–Crippen LogP) is -6.58. The van der Waals surface area contributed by atoms with E-state index >= 15 is 0 Å². The molecule has 74 valence electrons. The van der Waals surface area contributed by atoms with E-state index in [4.69, 9.17) is 10.2 Å². The number of carboxylic acid groups (broad SMARTS) is 2. The molecule has 0 aliphatic heterocycles. The van der Waals surface area contributed by atoms with Crippen LogP contribution in [-0.4, -0.2) is 48.6 Å². The first-order valence-corrected chi connectivity index (χ1v) is 3.22. The van der Waals surface area contributed by atoms with Crippen molar-refractivity contribution in [2.45, 2.75) is 0 Å². The summed E-state index contributed by atoms with van der Waals surface area (Å²) < 4.78 is 9.12. The third kappa shape index (κ3) is 18.6. The number of ether oxygens (including phenoxy) is 2. The Labute approximate surface area is 128 Å². The van der Waals surface area contributed by atoms with Crippen LogP contribution in [-0.2, 0) is 19.1 Å². The summed E-state index contributed by atoms with van der Waals surface area (Å²) in [4.78, 5) is 19.8. The van der Waals surface area contributed by atoms with Gasteiger partial charge in [0.05, 0.1) is 13.2 Å². The maximum Gasteiger partial charge on any atom is 1.00 e. The zero-order valence-electron chi connectivity index (χ0n) is 10.4. The van der Waals surface area contributed by atoms with Gasteiger partial charge < -0.3 is 22.5 Å². The van der Waals surface area contributed by atoms with E-state index in [9.17, 15) is 9.59 Å². The molecule has 8 heteroatoms. The Morgan fingerprint density at radius 1 is 0.929 bits per heavy atom. The second-order valence-electron chi connectivity index (χ2n) is 1.89. The van der Waals surface area contributed by atoms with E-state index in [0.717, 1.165) is 0 Å². The molecule has 0 heterocycles. The van der Waals surface area contributed by atoms with Crippen LogP contribution in [0.15, 0.2) is 0 Å². The zero-order valence-corrected chi connectivity index (χ0v) is 12.4. The smallest absolute Gasteiger partial charge is 1.00 e. The number of aliphatic carboxylic acids is 2. The van der Waals surface area contributed by atoms with Gasteiger partial charge in [-0.25, -0.2) is 9.59 Å². The van der Waals surface area contributed by atoms with Crippen molar-refractivity contribution in [3.8, 4) is 0 Å². The Bertz CT molecular complexity index is 153. The van der Waals surface area contributed by atoms with Crippen molar-refractivity contribution < 1.29 is 91.2 Å². The first kappa shape index (κ1) is 20.3. The molecule has 0 fully saturated rings. The second kappa shape index (κ2) is 13.9. The quantitative estimate of drug-likeness (QED) is 0.331. The molecular formula is C6H12Na2O6. The fraction of sp³-hybridized carbons (Fsp3) is 0.667. The molecule has 0 bridgehead atoms. The minimum absolute atomic E-state index is 0. The van der Waals surface area contributed by atoms with Crippen LogP contribution in [0.1, 0.15) is 2.85 Å². The van der Waals surface area contributed by atoms with E-state index in [0.29, 0.717) is 0 Å². The molecule has 0 aromatic rings. The molecule has 0 saturated carbocycles. The molecule has 0 aromatic carbocycles. The van der Waals surface area contributed by atoms with Crippen LogP contribution in [0.4, 0.5) is 0 Å². The van der Waals surface area contributed by atoms with Gasteiger partial charge in [-0.15, -0.1) is 0 Å². The SMILES string of the molecule is O=C(O)COCCOCC(=O)O.[H-].[H-].[Na+].[Na+]. The van der Waals surface area contributed by atoms with Gasteiger partial charge in [-0.2, -0.15) is 0 Å². The minimum Gasteiger partial charge on any atom is -1.00 e. The number of carboxylic acids is 2. The summed E-state index contributed by atoms with van der Waals surface area (Å²) in [6.07, 6.45) is 0. The van der Waals surface area contributed by atoms with E-state index in [-0.39, 0.29) is 75.2 Å². The zero-order chi connectivity index (χ0) is 9.40. The molecule has 0 aliphatic rings. The first-order valence-electron chi connectivity index (χ1n) is 3.22. The van der Waals surface area contributed by atoms with Crippen molar-refractivity contribution in [1.29, 1.82) is 0 Å². The van der Waals surface area contributed by atoms with Crippen LogP contribution in [0.25, 0.3) is 0 Å². The van der Waals surface area contributed by atoms with Gasteiger partial charge in [-0.3, -0.25) is 0 Å². The molecule has 2 N–H and O–H groups in total. The second-order valence-corrected chi connectivity index (χ2v) is 1.89. The summed E-state index contributed by atoms with van der Waals surface area (Å²) in [5.41, 5.74) is 0. The average molecular weight is 226 g/mol. The Morgan fingerprint density at radius 3 is 1.43 bits per heavy atom. The summed E-state index contributed by atoms with van der Waals surface area (Å²) in [7, 11) is 0. The van der Waals surface area contributed by atoms with Gasteiger partial charge in [0.1, 0.15) is 13.2 Å². The van der Waals surface area contributed by atoms with Gasteiger partial charge in [0.25, 0.3) is 0 Å². The van der Waals surface area contributed by atoms with E-state index < -0.39 is 25.2 Å². The molecule has 0 spiro atoms. The Hall–Kier alpha value is 0.860. The van der Waals surface area contributed by atoms with Gasteiger partial charge in [-0.05, 0) is 0 Å². The molecule has 0 radical (unpaired) electrons. The van der Waals surface area contributed by atoms with Gasteiger partial charge in [0, 0.05) is 0 Å². The van der Waals surface area contributed by atoms with E-state index in [1.807, 2.05) is 0 Å². The van der Waals surface area contributed by atoms with E-state index in [1.54, 1.807) is 0 Å². The number of carbonyl (C=O) groups is 2. The van der Waals surface area contributed by atoms with Crippen molar-refractivity contribution in [3.63, 3.8) is 0 Å². The summed E-state index contributed by atoms with van der Waals surface area (Å²) in [5, 5.41) is 16.2. The van der Waals surface area contributed by atoms with Crippen molar-refractivity contribution in [2.24, 2.45) is 0 Å². The molecule has 14 heavy (non-hydrogen) atoms. The fourth-order valence-electron chi connectivity index (χ4n) is 0.437. The summed E-state index contributed by atoms with van der Waals surface area (Å²) in [5.74, 6) is -2.12. The number of hydrogen-bond acceptors (Lipinski definition) is 4. The number of rotatable bonds is 7. The molecule has 0 aliphatic carbocycles. The molecule has 0 aromatic heterocycles. The molecule has 0 unspecified atom stereocenters. The summed E-state index contributed by atoms with van der Waals surface area (Å²) in [6.45, 7) is -0.619. The average Bonchev–Trinajstić information content (AvgIpc) is 1.95. The normalized spacial score (nSPS) is 8.29. The third-order valence-electron chi connectivity index (χ3n) is 0.823. The Kier molecular flexibility index (Phi) is 20.1. The van der Waals surface area contributed by atoms with Crippen molar-refractivity contribution in [2.75, 3.05) is 26.4 Å². The van der Waals surface area contributed by atoms with Gasteiger partial charge in [-0.1, -0.05) is 0 Å². The van der Waals surface area contributed by atoms with Gasteiger partial charge in [0.15, 0.2) is 0 Å². The molecule has 0 rings (SSSR count). The molecule has 6 nitrogen and oxygen atoms in total. The van der Waals surface area contributed by atoms with E-state index in [2.05, 4.69) is 9.47 Å². The molecule has 0 saturated heterocycles. The van der Waals surface area contributed by atoms with Crippen LogP contribution < -0.4 is 59.1 Å².